The van der Waals surface area contributed by atoms with Crippen LogP contribution < -0.4 is 5.32 Å². The molecule has 22 heavy (non-hydrogen) atoms. The molecule has 1 aliphatic heterocycles. The van der Waals surface area contributed by atoms with Crippen molar-refractivity contribution in [2.45, 2.75) is 25.3 Å². The predicted octanol–water partition coefficient (Wildman–Crippen LogP) is 3.43. The Hall–Kier alpha value is -0.810. The number of benzene rings is 1. The third kappa shape index (κ3) is 4.35. The van der Waals surface area contributed by atoms with Gasteiger partial charge in [0.1, 0.15) is 0 Å². The third-order valence-electron chi connectivity index (χ3n) is 4.13. The van der Waals surface area contributed by atoms with Crippen molar-refractivity contribution in [1.29, 1.82) is 0 Å². The highest BCUT2D eigenvalue weighted by Gasteiger charge is 2.32. The van der Waals surface area contributed by atoms with Crippen molar-refractivity contribution in [3.63, 3.8) is 0 Å². The van der Waals surface area contributed by atoms with E-state index in [1.807, 2.05) is 0 Å². The lowest BCUT2D eigenvalue weighted by molar-refractivity contribution is -0.117. The zero-order chi connectivity index (χ0) is 15.5. The van der Waals surface area contributed by atoms with Gasteiger partial charge in [-0.3, -0.25) is 9.69 Å². The van der Waals surface area contributed by atoms with Gasteiger partial charge in [-0.2, -0.15) is 0 Å². The Kier molecular flexibility index (Phi) is 5.24. The minimum absolute atomic E-state index is 0.0324. The normalized spacial score (nSPS) is 21.3. The maximum Gasteiger partial charge on any atom is 0.238 e. The summed E-state index contributed by atoms with van der Waals surface area (Å²) < 4.78 is 5.43. The fraction of sp³-hybridized carbons (Fsp3) is 0.562. The van der Waals surface area contributed by atoms with E-state index in [0.717, 1.165) is 26.2 Å². The maximum absolute atomic E-state index is 12.3. The molecular weight excluding hydrogens is 323 g/mol. The first-order valence-corrected chi connectivity index (χ1v) is 8.44. The van der Waals surface area contributed by atoms with E-state index in [4.69, 9.17) is 27.9 Å². The van der Waals surface area contributed by atoms with Gasteiger partial charge in [0.05, 0.1) is 23.9 Å². The van der Waals surface area contributed by atoms with Gasteiger partial charge in [-0.15, -0.1) is 0 Å². The number of halogens is 2. The molecular formula is C16H20Cl2N2O2. The summed E-state index contributed by atoms with van der Waals surface area (Å²) in [5, 5.41) is 3.89. The molecule has 3 rings (SSSR count). The second kappa shape index (κ2) is 7.18. The van der Waals surface area contributed by atoms with Gasteiger partial charge in [0.25, 0.3) is 0 Å². The lowest BCUT2D eigenvalue weighted by atomic mass is 10.1. The third-order valence-corrected chi connectivity index (χ3v) is 4.68. The molecule has 1 N–H and O–H groups in total. The number of hydrogen-bond donors (Lipinski definition) is 1. The molecule has 1 aliphatic carbocycles. The van der Waals surface area contributed by atoms with Crippen LogP contribution in [0.1, 0.15) is 19.3 Å². The molecule has 120 valence electrons. The molecule has 2 fully saturated rings. The highest BCUT2D eigenvalue weighted by atomic mass is 35.5. The first kappa shape index (κ1) is 16.1. The van der Waals surface area contributed by atoms with Gasteiger partial charge in [-0.25, -0.2) is 0 Å². The van der Waals surface area contributed by atoms with Crippen LogP contribution in [-0.4, -0.2) is 43.2 Å². The molecule has 1 atom stereocenters. The Morgan fingerprint density at radius 2 is 2.14 bits per heavy atom. The van der Waals surface area contributed by atoms with Gasteiger partial charge in [0.15, 0.2) is 0 Å². The molecule has 1 amide bonds. The van der Waals surface area contributed by atoms with Crippen LogP contribution >= 0.6 is 23.2 Å². The van der Waals surface area contributed by atoms with E-state index in [9.17, 15) is 4.79 Å². The van der Waals surface area contributed by atoms with E-state index < -0.39 is 0 Å². The summed E-state index contributed by atoms with van der Waals surface area (Å²) in [5.74, 6) is 0.516. The lowest BCUT2D eigenvalue weighted by Gasteiger charge is -2.24. The largest absolute Gasteiger partial charge is 0.381 e. The zero-order valence-electron chi connectivity index (χ0n) is 12.4. The van der Waals surface area contributed by atoms with Gasteiger partial charge >= 0.3 is 0 Å². The first-order valence-electron chi connectivity index (χ1n) is 7.68. The molecule has 0 radical (unpaired) electrons. The van der Waals surface area contributed by atoms with Crippen LogP contribution in [0.5, 0.6) is 0 Å². The van der Waals surface area contributed by atoms with E-state index in [1.165, 1.54) is 12.8 Å². The molecule has 0 aromatic heterocycles. The molecule has 1 saturated carbocycles. The monoisotopic (exact) mass is 342 g/mol. The fourth-order valence-electron chi connectivity index (χ4n) is 2.81. The summed E-state index contributed by atoms with van der Waals surface area (Å²) in [5.41, 5.74) is 0.607. The second-order valence-corrected chi connectivity index (χ2v) is 6.91. The Labute approximate surface area is 140 Å². The van der Waals surface area contributed by atoms with E-state index in [0.29, 0.717) is 34.2 Å². The predicted molar refractivity (Wildman–Crippen MR) is 88.6 cm³/mol. The molecule has 1 saturated heterocycles. The SMILES string of the molecule is O=C(CN(CC1CCOC1)C1CC1)Nc1ccc(Cl)cc1Cl. The quantitative estimate of drug-likeness (QED) is 0.860. The van der Waals surface area contributed by atoms with Gasteiger partial charge < -0.3 is 10.1 Å². The van der Waals surface area contributed by atoms with Crippen LogP contribution in [0.4, 0.5) is 5.69 Å². The van der Waals surface area contributed by atoms with Gasteiger partial charge in [0, 0.05) is 24.2 Å². The van der Waals surface area contributed by atoms with Crippen LogP contribution in [0.3, 0.4) is 0 Å². The van der Waals surface area contributed by atoms with Crippen molar-refractivity contribution in [2.75, 3.05) is 31.6 Å². The smallest absolute Gasteiger partial charge is 0.238 e. The van der Waals surface area contributed by atoms with E-state index in [2.05, 4.69) is 10.2 Å². The summed E-state index contributed by atoms with van der Waals surface area (Å²) in [6.07, 6.45) is 3.46. The summed E-state index contributed by atoms with van der Waals surface area (Å²) in [6, 6.07) is 5.63. The van der Waals surface area contributed by atoms with Gasteiger partial charge in [0.2, 0.25) is 5.91 Å². The van der Waals surface area contributed by atoms with Crippen molar-refractivity contribution < 1.29 is 9.53 Å². The number of ether oxygens (including phenoxy) is 1. The van der Waals surface area contributed by atoms with Crippen molar-refractivity contribution >= 4 is 34.8 Å². The topological polar surface area (TPSA) is 41.6 Å². The van der Waals surface area contributed by atoms with Crippen molar-refractivity contribution in [3.05, 3.63) is 28.2 Å². The molecule has 0 spiro atoms. The molecule has 1 unspecified atom stereocenters. The van der Waals surface area contributed by atoms with Crippen LogP contribution in [0.25, 0.3) is 0 Å². The van der Waals surface area contributed by atoms with Crippen LogP contribution in [0.15, 0.2) is 18.2 Å². The van der Waals surface area contributed by atoms with Crippen molar-refractivity contribution in [2.24, 2.45) is 5.92 Å². The number of nitrogens with one attached hydrogen (secondary N) is 1. The highest BCUT2D eigenvalue weighted by Crippen LogP contribution is 2.29. The Morgan fingerprint density at radius 3 is 2.77 bits per heavy atom. The second-order valence-electron chi connectivity index (χ2n) is 6.06. The van der Waals surface area contributed by atoms with Crippen molar-refractivity contribution in [1.82, 2.24) is 4.90 Å². The number of rotatable bonds is 6. The Morgan fingerprint density at radius 1 is 1.32 bits per heavy atom. The number of hydrogen-bond acceptors (Lipinski definition) is 3. The van der Waals surface area contributed by atoms with Crippen molar-refractivity contribution in [3.8, 4) is 0 Å². The molecule has 4 nitrogen and oxygen atoms in total. The standard InChI is InChI=1S/C16H20Cl2N2O2/c17-12-1-4-15(14(18)7-12)19-16(21)9-20(13-2-3-13)8-11-5-6-22-10-11/h1,4,7,11,13H,2-3,5-6,8-10H2,(H,19,21). The molecule has 1 aromatic carbocycles. The van der Waals surface area contributed by atoms with E-state index in [1.54, 1.807) is 18.2 Å². The first-order chi connectivity index (χ1) is 10.6. The molecule has 6 heteroatoms. The van der Waals surface area contributed by atoms with E-state index >= 15 is 0 Å². The van der Waals surface area contributed by atoms with Crippen LogP contribution in [-0.2, 0) is 9.53 Å². The fourth-order valence-corrected chi connectivity index (χ4v) is 3.26. The van der Waals surface area contributed by atoms with Gasteiger partial charge in [-0.1, -0.05) is 23.2 Å². The van der Waals surface area contributed by atoms with Crippen LogP contribution in [0.2, 0.25) is 10.0 Å². The minimum atomic E-state index is -0.0324. The Balaban J connectivity index is 1.56. The molecule has 0 bridgehead atoms. The lowest BCUT2D eigenvalue weighted by Crippen LogP contribution is -2.38. The summed E-state index contributed by atoms with van der Waals surface area (Å²) in [4.78, 5) is 14.6. The average molecular weight is 343 g/mol. The summed E-state index contributed by atoms with van der Waals surface area (Å²) >= 11 is 12.0. The number of carbonyl (C=O) groups excluding carboxylic acids is 1. The summed E-state index contributed by atoms with van der Waals surface area (Å²) in [7, 11) is 0. The molecule has 1 heterocycles. The molecule has 1 aromatic rings. The zero-order valence-corrected chi connectivity index (χ0v) is 13.9. The number of anilines is 1. The summed E-state index contributed by atoms with van der Waals surface area (Å²) in [6.45, 7) is 3.00. The Bertz CT molecular complexity index is 543. The van der Waals surface area contributed by atoms with Crippen LogP contribution in [0, 0.1) is 5.92 Å². The number of amides is 1. The van der Waals surface area contributed by atoms with Gasteiger partial charge in [-0.05, 0) is 43.4 Å². The maximum atomic E-state index is 12.3. The number of nitrogens with zero attached hydrogens (tertiary/aromatic N) is 1. The highest BCUT2D eigenvalue weighted by molar-refractivity contribution is 6.36. The average Bonchev–Trinajstić information content (AvgIpc) is 3.20. The number of carbonyl (C=O) groups is 1. The minimum Gasteiger partial charge on any atom is -0.381 e. The molecule has 2 aliphatic rings. The van der Waals surface area contributed by atoms with E-state index in [-0.39, 0.29) is 5.91 Å².